The number of alkyl halides is 3. The summed E-state index contributed by atoms with van der Waals surface area (Å²) < 4.78 is 38.0. The summed E-state index contributed by atoms with van der Waals surface area (Å²) >= 11 is 0. The van der Waals surface area contributed by atoms with Gasteiger partial charge in [-0.25, -0.2) is 0 Å². The van der Waals surface area contributed by atoms with E-state index in [2.05, 4.69) is 0 Å². The first kappa shape index (κ1) is 11.0. The van der Waals surface area contributed by atoms with E-state index in [-0.39, 0.29) is 12.0 Å². The SMILES string of the molecule is CCC(N)(c1ccccc1)C(F)(F)F. The first-order valence-corrected chi connectivity index (χ1v) is 4.33. The van der Waals surface area contributed by atoms with Crippen molar-refractivity contribution in [3.8, 4) is 0 Å². The summed E-state index contributed by atoms with van der Waals surface area (Å²) in [6.07, 6.45) is -4.58. The molecule has 0 radical (unpaired) electrons. The lowest BCUT2D eigenvalue weighted by molar-refractivity contribution is -0.190. The van der Waals surface area contributed by atoms with Crippen LogP contribution in [0.4, 0.5) is 13.2 Å². The molecule has 1 unspecified atom stereocenters. The quantitative estimate of drug-likeness (QED) is 0.785. The molecule has 0 heterocycles. The predicted molar refractivity (Wildman–Crippen MR) is 48.7 cm³/mol. The molecule has 0 bridgehead atoms. The van der Waals surface area contributed by atoms with Crippen molar-refractivity contribution >= 4 is 0 Å². The monoisotopic (exact) mass is 203 g/mol. The number of benzene rings is 1. The Bertz CT molecular complexity index is 294. The molecule has 0 spiro atoms. The summed E-state index contributed by atoms with van der Waals surface area (Å²) in [7, 11) is 0. The van der Waals surface area contributed by atoms with E-state index in [9.17, 15) is 13.2 Å². The third-order valence-corrected chi connectivity index (χ3v) is 2.35. The smallest absolute Gasteiger partial charge is 0.314 e. The molecule has 0 aromatic heterocycles. The maximum absolute atomic E-state index is 12.7. The molecular weight excluding hydrogens is 191 g/mol. The van der Waals surface area contributed by atoms with E-state index in [4.69, 9.17) is 5.73 Å². The predicted octanol–water partition coefficient (Wildman–Crippen LogP) is 2.81. The Labute approximate surface area is 80.7 Å². The van der Waals surface area contributed by atoms with E-state index in [1.54, 1.807) is 18.2 Å². The first-order chi connectivity index (χ1) is 6.42. The van der Waals surface area contributed by atoms with Gasteiger partial charge in [-0.1, -0.05) is 37.3 Å². The minimum absolute atomic E-state index is 0.106. The van der Waals surface area contributed by atoms with E-state index < -0.39 is 11.7 Å². The van der Waals surface area contributed by atoms with Crippen LogP contribution in [0.25, 0.3) is 0 Å². The molecule has 0 aliphatic rings. The average Bonchev–Trinajstić information content (AvgIpc) is 2.16. The molecule has 0 fully saturated rings. The topological polar surface area (TPSA) is 26.0 Å². The van der Waals surface area contributed by atoms with Gasteiger partial charge in [0.1, 0.15) is 5.54 Å². The Balaban J connectivity index is 3.15. The van der Waals surface area contributed by atoms with Crippen LogP contribution in [-0.4, -0.2) is 6.18 Å². The number of nitrogens with two attached hydrogens (primary N) is 1. The number of rotatable bonds is 2. The van der Waals surface area contributed by atoms with Gasteiger partial charge in [0.05, 0.1) is 0 Å². The molecule has 4 heteroatoms. The van der Waals surface area contributed by atoms with Gasteiger partial charge in [-0.2, -0.15) is 13.2 Å². The van der Waals surface area contributed by atoms with Gasteiger partial charge in [-0.15, -0.1) is 0 Å². The van der Waals surface area contributed by atoms with Crippen LogP contribution in [0.5, 0.6) is 0 Å². The van der Waals surface area contributed by atoms with E-state index in [0.717, 1.165) is 0 Å². The molecule has 1 atom stereocenters. The van der Waals surface area contributed by atoms with Gasteiger partial charge in [0.15, 0.2) is 0 Å². The van der Waals surface area contributed by atoms with Crippen molar-refractivity contribution in [2.75, 3.05) is 0 Å². The van der Waals surface area contributed by atoms with Crippen LogP contribution >= 0.6 is 0 Å². The molecule has 2 N–H and O–H groups in total. The molecule has 1 aromatic rings. The Kier molecular flexibility index (Phi) is 2.85. The summed E-state index contributed by atoms with van der Waals surface area (Å²) in [5.41, 5.74) is 3.25. The average molecular weight is 203 g/mol. The lowest BCUT2D eigenvalue weighted by Gasteiger charge is -2.31. The van der Waals surface area contributed by atoms with Crippen molar-refractivity contribution in [3.63, 3.8) is 0 Å². The summed E-state index contributed by atoms with van der Waals surface area (Å²) in [6, 6.07) is 7.57. The molecular formula is C10H12F3N. The van der Waals surface area contributed by atoms with Gasteiger partial charge >= 0.3 is 6.18 Å². The second kappa shape index (κ2) is 3.61. The molecule has 0 saturated carbocycles. The molecule has 1 nitrogen and oxygen atoms in total. The summed E-state index contributed by atoms with van der Waals surface area (Å²) in [5, 5.41) is 0. The zero-order valence-electron chi connectivity index (χ0n) is 7.81. The fraction of sp³-hybridized carbons (Fsp3) is 0.400. The largest absolute Gasteiger partial charge is 0.410 e. The highest BCUT2D eigenvalue weighted by atomic mass is 19.4. The van der Waals surface area contributed by atoms with Crippen LogP contribution in [0.2, 0.25) is 0 Å². The number of hydrogen-bond donors (Lipinski definition) is 1. The standard InChI is InChI=1S/C10H12F3N/c1-2-9(14,10(11,12)13)8-6-4-3-5-7-8/h3-7H,2,14H2,1H3. The van der Waals surface area contributed by atoms with Crippen molar-refractivity contribution in [2.45, 2.75) is 25.1 Å². The summed E-state index contributed by atoms with van der Waals surface area (Å²) in [5.74, 6) is 0. The summed E-state index contributed by atoms with van der Waals surface area (Å²) in [6.45, 7) is 1.43. The second-order valence-corrected chi connectivity index (χ2v) is 3.19. The third kappa shape index (κ3) is 1.75. The van der Waals surface area contributed by atoms with E-state index in [1.165, 1.54) is 19.1 Å². The van der Waals surface area contributed by atoms with Crippen LogP contribution in [0.1, 0.15) is 18.9 Å². The van der Waals surface area contributed by atoms with Crippen LogP contribution < -0.4 is 5.73 Å². The van der Waals surface area contributed by atoms with Gasteiger partial charge in [0.25, 0.3) is 0 Å². The Morgan fingerprint density at radius 2 is 1.64 bits per heavy atom. The first-order valence-electron chi connectivity index (χ1n) is 4.33. The molecule has 14 heavy (non-hydrogen) atoms. The minimum atomic E-state index is -4.41. The lowest BCUT2D eigenvalue weighted by Crippen LogP contribution is -2.49. The maximum atomic E-state index is 12.7. The molecule has 0 amide bonds. The third-order valence-electron chi connectivity index (χ3n) is 2.35. The van der Waals surface area contributed by atoms with Gasteiger partial charge in [-0.05, 0) is 12.0 Å². The van der Waals surface area contributed by atoms with E-state index >= 15 is 0 Å². The van der Waals surface area contributed by atoms with Crippen molar-refractivity contribution in [1.82, 2.24) is 0 Å². The lowest BCUT2D eigenvalue weighted by atomic mass is 9.88. The van der Waals surface area contributed by atoms with Gasteiger partial charge in [0.2, 0.25) is 0 Å². The summed E-state index contributed by atoms with van der Waals surface area (Å²) in [4.78, 5) is 0. The van der Waals surface area contributed by atoms with Crippen molar-refractivity contribution < 1.29 is 13.2 Å². The van der Waals surface area contributed by atoms with Gasteiger partial charge < -0.3 is 5.73 Å². The van der Waals surface area contributed by atoms with Gasteiger partial charge in [0, 0.05) is 0 Å². The Hall–Kier alpha value is -1.03. The van der Waals surface area contributed by atoms with Crippen molar-refractivity contribution in [2.24, 2.45) is 5.73 Å². The highest BCUT2D eigenvalue weighted by Gasteiger charge is 2.51. The number of halogens is 3. The van der Waals surface area contributed by atoms with E-state index in [0.29, 0.717) is 0 Å². The normalized spacial score (nSPS) is 16.4. The van der Waals surface area contributed by atoms with Crippen molar-refractivity contribution in [1.29, 1.82) is 0 Å². The Morgan fingerprint density at radius 1 is 1.14 bits per heavy atom. The minimum Gasteiger partial charge on any atom is -0.314 e. The molecule has 78 valence electrons. The zero-order chi connectivity index (χ0) is 10.8. The fourth-order valence-electron chi connectivity index (χ4n) is 1.30. The highest BCUT2D eigenvalue weighted by molar-refractivity contribution is 5.25. The molecule has 0 aliphatic carbocycles. The number of hydrogen-bond acceptors (Lipinski definition) is 1. The van der Waals surface area contributed by atoms with Crippen molar-refractivity contribution in [3.05, 3.63) is 35.9 Å². The van der Waals surface area contributed by atoms with Crippen LogP contribution in [0, 0.1) is 0 Å². The van der Waals surface area contributed by atoms with Crippen LogP contribution in [0.15, 0.2) is 30.3 Å². The van der Waals surface area contributed by atoms with Crippen LogP contribution in [0.3, 0.4) is 0 Å². The molecule has 1 aromatic carbocycles. The molecule has 0 saturated heterocycles. The molecule has 1 rings (SSSR count). The second-order valence-electron chi connectivity index (χ2n) is 3.19. The Morgan fingerprint density at radius 3 is 2.00 bits per heavy atom. The van der Waals surface area contributed by atoms with Crippen LogP contribution in [-0.2, 0) is 5.54 Å². The fourth-order valence-corrected chi connectivity index (χ4v) is 1.30. The molecule has 0 aliphatic heterocycles. The highest BCUT2D eigenvalue weighted by Crippen LogP contribution is 2.38. The van der Waals surface area contributed by atoms with Gasteiger partial charge in [-0.3, -0.25) is 0 Å². The zero-order valence-corrected chi connectivity index (χ0v) is 7.81. The van der Waals surface area contributed by atoms with E-state index in [1.807, 2.05) is 0 Å². The maximum Gasteiger partial charge on any atom is 0.410 e.